The molecule has 0 fully saturated rings. The van der Waals surface area contributed by atoms with E-state index in [9.17, 15) is 4.79 Å². The minimum absolute atomic E-state index is 0.00848. The molecule has 3 aromatic rings. The van der Waals surface area contributed by atoms with Crippen LogP contribution in [0.5, 0.6) is 11.5 Å². The van der Waals surface area contributed by atoms with Crippen molar-refractivity contribution in [2.24, 2.45) is 4.99 Å². The summed E-state index contributed by atoms with van der Waals surface area (Å²) in [6.45, 7) is 1.16. The molecule has 0 aliphatic carbocycles. The van der Waals surface area contributed by atoms with Gasteiger partial charge in [-0.25, -0.2) is 0 Å². The Hall–Kier alpha value is -2.47. The van der Waals surface area contributed by atoms with Crippen LogP contribution in [0.25, 0.3) is 0 Å². The Bertz CT molecular complexity index is 1150. The van der Waals surface area contributed by atoms with Gasteiger partial charge in [-0.2, -0.15) is 0 Å². The lowest BCUT2D eigenvalue weighted by Crippen LogP contribution is -2.38. The summed E-state index contributed by atoms with van der Waals surface area (Å²) in [5, 5.41) is 1.94. The molecule has 2 aliphatic heterocycles. The second-order valence-corrected chi connectivity index (χ2v) is 9.08. The van der Waals surface area contributed by atoms with E-state index in [0.29, 0.717) is 28.9 Å². The summed E-state index contributed by atoms with van der Waals surface area (Å²) in [6.07, 6.45) is 0. The van der Waals surface area contributed by atoms with Crippen LogP contribution in [0.15, 0.2) is 71.7 Å². The number of ether oxygens (including phenoxy) is 1. The van der Waals surface area contributed by atoms with Gasteiger partial charge in [0.15, 0.2) is 5.17 Å². The Morgan fingerprint density at radius 2 is 1.71 bits per heavy atom. The smallest absolute Gasteiger partial charge is 0.240 e. The van der Waals surface area contributed by atoms with E-state index in [1.165, 1.54) is 11.8 Å². The average Bonchev–Trinajstić information content (AvgIpc) is 3.25. The lowest BCUT2D eigenvalue weighted by atomic mass is 9.87. The number of rotatable bonds is 3. The summed E-state index contributed by atoms with van der Waals surface area (Å²) in [6, 6.07) is 20.9. The monoisotopic (exact) mass is 468 g/mol. The van der Waals surface area contributed by atoms with Crippen LogP contribution in [0.4, 0.5) is 0 Å². The molecule has 31 heavy (non-hydrogen) atoms. The maximum atomic E-state index is 13.8. The summed E-state index contributed by atoms with van der Waals surface area (Å²) < 4.78 is 6.04. The summed E-state index contributed by atoms with van der Waals surface area (Å²) in [4.78, 5) is 20.2. The molecule has 0 unspecified atom stereocenters. The standard InChI is InChI=1S/C24H18Cl2N2O2S/c25-16-10-9-15(19(26)13-16)14-31-24-27-11-12-28(24)23(29)22-17-5-1-3-7-20(17)30-21-8-4-2-6-18(21)22/h1-10,13,22H,11-12,14H2. The first-order chi connectivity index (χ1) is 15.1. The Labute approximate surface area is 194 Å². The number of fused-ring (bicyclic) bond motifs is 2. The molecule has 2 aliphatic rings. The van der Waals surface area contributed by atoms with E-state index >= 15 is 0 Å². The average molecular weight is 469 g/mol. The number of carbonyl (C=O) groups is 1. The van der Waals surface area contributed by atoms with E-state index in [0.717, 1.165) is 33.4 Å². The van der Waals surface area contributed by atoms with Gasteiger partial charge < -0.3 is 4.74 Å². The van der Waals surface area contributed by atoms with Gasteiger partial charge in [-0.3, -0.25) is 14.7 Å². The van der Waals surface area contributed by atoms with Gasteiger partial charge in [0.1, 0.15) is 11.5 Å². The molecule has 4 nitrogen and oxygen atoms in total. The van der Waals surface area contributed by atoms with E-state index in [-0.39, 0.29) is 5.91 Å². The number of hydrogen-bond acceptors (Lipinski definition) is 4. The minimum atomic E-state index is -0.427. The Morgan fingerprint density at radius 1 is 1.03 bits per heavy atom. The topological polar surface area (TPSA) is 41.9 Å². The number of hydrogen-bond donors (Lipinski definition) is 0. The number of para-hydroxylation sites is 2. The number of thioether (sulfide) groups is 1. The first-order valence-electron chi connectivity index (χ1n) is 9.90. The molecule has 0 spiro atoms. The van der Waals surface area contributed by atoms with Crippen molar-refractivity contribution in [1.82, 2.24) is 4.90 Å². The molecule has 7 heteroatoms. The van der Waals surface area contributed by atoms with Crippen LogP contribution in [-0.4, -0.2) is 29.1 Å². The van der Waals surface area contributed by atoms with Crippen LogP contribution in [0, 0.1) is 0 Å². The zero-order valence-electron chi connectivity index (χ0n) is 16.4. The van der Waals surface area contributed by atoms with Crippen LogP contribution in [-0.2, 0) is 10.5 Å². The predicted molar refractivity (Wildman–Crippen MR) is 127 cm³/mol. The molecule has 0 saturated carbocycles. The number of carbonyl (C=O) groups excluding carboxylic acids is 1. The minimum Gasteiger partial charge on any atom is -0.457 e. The highest BCUT2D eigenvalue weighted by molar-refractivity contribution is 8.13. The third kappa shape index (κ3) is 3.93. The molecule has 1 amide bonds. The molecule has 5 rings (SSSR count). The third-order valence-electron chi connectivity index (χ3n) is 5.37. The molecule has 3 aromatic carbocycles. The van der Waals surface area contributed by atoms with E-state index < -0.39 is 5.92 Å². The van der Waals surface area contributed by atoms with Crippen molar-refractivity contribution in [3.8, 4) is 11.5 Å². The second-order valence-electron chi connectivity index (χ2n) is 7.29. The summed E-state index contributed by atoms with van der Waals surface area (Å²) in [7, 11) is 0. The van der Waals surface area contributed by atoms with Crippen molar-refractivity contribution in [3.05, 3.63) is 93.5 Å². The zero-order valence-corrected chi connectivity index (χ0v) is 18.8. The fraction of sp³-hybridized carbons (Fsp3) is 0.167. The highest BCUT2D eigenvalue weighted by Gasteiger charge is 2.37. The van der Waals surface area contributed by atoms with Gasteiger partial charge in [0, 0.05) is 33.5 Å². The largest absolute Gasteiger partial charge is 0.457 e. The number of nitrogens with zero attached hydrogens (tertiary/aromatic N) is 2. The second kappa shape index (κ2) is 8.58. The quantitative estimate of drug-likeness (QED) is 0.448. The molecule has 0 bridgehead atoms. The summed E-state index contributed by atoms with van der Waals surface area (Å²) in [5.41, 5.74) is 2.71. The molecule has 2 heterocycles. The van der Waals surface area contributed by atoms with Crippen molar-refractivity contribution in [3.63, 3.8) is 0 Å². The molecule has 0 atom stereocenters. The zero-order chi connectivity index (χ0) is 21.4. The third-order valence-corrected chi connectivity index (χ3v) is 7.02. The predicted octanol–water partition coefficient (Wildman–Crippen LogP) is 6.36. The Morgan fingerprint density at radius 3 is 2.39 bits per heavy atom. The summed E-state index contributed by atoms with van der Waals surface area (Å²) >= 11 is 13.8. The van der Waals surface area contributed by atoms with E-state index in [4.69, 9.17) is 27.9 Å². The number of halogens is 2. The van der Waals surface area contributed by atoms with Crippen LogP contribution in [0.1, 0.15) is 22.6 Å². The molecule has 0 N–H and O–H groups in total. The van der Waals surface area contributed by atoms with Crippen molar-refractivity contribution in [1.29, 1.82) is 0 Å². The number of amides is 1. The summed E-state index contributed by atoms with van der Waals surface area (Å²) in [5.74, 6) is 1.63. The number of amidine groups is 1. The first-order valence-corrected chi connectivity index (χ1v) is 11.6. The maximum Gasteiger partial charge on any atom is 0.240 e. The maximum absolute atomic E-state index is 13.8. The molecule has 0 saturated heterocycles. The lowest BCUT2D eigenvalue weighted by molar-refractivity contribution is -0.127. The number of aliphatic imine (C=N–C) groups is 1. The van der Waals surface area contributed by atoms with Gasteiger partial charge in [0.25, 0.3) is 0 Å². The number of benzene rings is 3. The molecular formula is C24H18Cl2N2O2S. The lowest BCUT2D eigenvalue weighted by Gasteiger charge is -2.30. The Balaban J connectivity index is 1.42. The van der Waals surface area contributed by atoms with Gasteiger partial charge in [-0.05, 0) is 29.8 Å². The van der Waals surface area contributed by atoms with Gasteiger partial charge in [0.05, 0.1) is 12.5 Å². The van der Waals surface area contributed by atoms with Crippen LogP contribution >= 0.6 is 35.0 Å². The van der Waals surface area contributed by atoms with Crippen LogP contribution in [0.2, 0.25) is 10.0 Å². The van der Waals surface area contributed by atoms with E-state index in [2.05, 4.69) is 4.99 Å². The van der Waals surface area contributed by atoms with Crippen molar-refractivity contribution >= 4 is 46.0 Å². The van der Waals surface area contributed by atoms with Crippen molar-refractivity contribution in [2.45, 2.75) is 11.7 Å². The van der Waals surface area contributed by atoms with E-state index in [1.807, 2.05) is 60.7 Å². The van der Waals surface area contributed by atoms with Gasteiger partial charge in [0.2, 0.25) is 5.91 Å². The normalized spacial score (nSPS) is 15.2. The highest BCUT2D eigenvalue weighted by atomic mass is 35.5. The van der Waals surface area contributed by atoms with Crippen molar-refractivity contribution in [2.75, 3.05) is 13.1 Å². The SMILES string of the molecule is O=C(C1c2ccccc2Oc2ccccc21)N1CCN=C1SCc1ccc(Cl)cc1Cl. The van der Waals surface area contributed by atoms with Gasteiger partial charge >= 0.3 is 0 Å². The Kier molecular flexibility index (Phi) is 5.65. The highest BCUT2D eigenvalue weighted by Crippen LogP contribution is 2.45. The van der Waals surface area contributed by atoms with Crippen molar-refractivity contribution < 1.29 is 9.53 Å². The molecular weight excluding hydrogens is 451 g/mol. The molecule has 156 valence electrons. The first kappa shape index (κ1) is 20.4. The molecule has 0 radical (unpaired) electrons. The fourth-order valence-corrected chi connectivity index (χ4v) is 5.48. The van der Waals surface area contributed by atoms with E-state index in [1.54, 1.807) is 11.0 Å². The van der Waals surface area contributed by atoms with Gasteiger partial charge in [-0.15, -0.1) is 0 Å². The van der Waals surface area contributed by atoms with Gasteiger partial charge in [-0.1, -0.05) is 77.4 Å². The molecule has 0 aromatic heterocycles. The van der Waals surface area contributed by atoms with Crippen LogP contribution in [0.3, 0.4) is 0 Å². The fourth-order valence-electron chi connectivity index (χ4n) is 3.87. The van der Waals surface area contributed by atoms with Crippen LogP contribution < -0.4 is 4.74 Å².